The number of aromatic amines is 1. The van der Waals surface area contributed by atoms with Gasteiger partial charge in [0, 0.05) is 23.6 Å². The third-order valence-corrected chi connectivity index (χ3v) is 4.71. The van der Waals surface area contributed by atoms with E-state index < -0.39 is 11.6 Å². The molecule has 1 amide bonds. The van der Waals surface area contributed by atoms with Crippen LogP contribution in [0.25, 0.3) is 22.0 Å². The normalized spacial score (nSPS) is 17.4. The highest BCUT2D eigenvalue weighted by Gasteiger charge is 2.22. The Morgan fingerprint density at radius 3 is 2.85 bits per heavy atom. The molecule has 3 N–H and O–H groups in total. The van der Waals surface area contributed by atoms with Crippen molar-refractivity contribution in [3.05, 3.63) is 48.0 Å². The third kappa shape index (κ3) is 3.17. The first-order valence-electron chi connectivity index (χ1n) is 8.57. The number of piperidine rings is 1. The average molecular weight is 356 g/mol. The minimum absolute atomic E-state index is 0.0797. The minimum Gasteiger partial charge on any atom is -0.316 e. The van der Waals surface area contributed by atoms with E-state index in [2.05, 4.69) is 20.8 Å². The number of anilines is 1. The number of hydrogen-bond donors (Lipinski definition) is 3. The first kappa shape index (κ1) is 16.7. The van der Waals surface area contributed by atoms with Crippen molar-refractivity contribution in [3.8, 4) is 11.1 Å². The number of fused-ring (bicyclic) bond motifs is 1. The van der Waals surface area contributed by atoms with Crippen LogP contribution in [-0.2, 0) is 4.79 Å². The fourth-order valence-corrected chi connectivity index (χ4v) is 3.29. The first-order chi connectivity index (χ1) is 12.6. The lowest BCUT2D eigenvalue weighted by atomic mass is 9.99. The zero-order valence-corrected chi connectivity index (χ0v) is 14.0. The molecule has 0 saturated carbocycles. The molecule has 1 fully saturated rings. The van der Waals surface area contributed by atoms with Crippen molar-refractivity contribution in [2.75, 3.05) is 18.4 Å². The lowest BCUT2D eigenvalue weighted by Crippen LogP contribution is -2.37. The van der Waals surface area contributed by atoms with Crippen LogP contribution in [0.5, 0.6) is 0 Å². The summed E-state index contributed by atoms with van der Waals surface area (Å²) in [6.45, 7) is 1.59. The fourth-order valence-electron chi connectivity index (χ4n) is 3.29. The number of H-pyrrole nitrogens is 1. The molecule has 5 nitrogen and oxygen atoms in total. The van der Waals surface area contributed by atoms with Crippen molar-refractivity contribution in [1.82, 2.24) is 15.5 Å². The maximum absolute atomic E-state index is 14.1. The Balaban J connectivity index is 1.65. The molecular formula is C19H18F2N4O. The molecule has 2 aromatic carbocycles. The lowest BCUT2D eigenvalue weighted by molar-refractivity contribution is -0.120. The molecule has 3 aromatic rings. The van der Waals surface area contributed by atoms with E-state index in [0.717, 1.165) is 31.0 Å². The van der Waals surface area contributed by atoms with E-state index in [1.54, 1.807) is 18.2 Å². The molecule has 0 bridgehead atoms. The first-order valence-corrected chi connectivity index (χ1v) is 8.57. The van der Waals surface area contributed by atoms with E-state index in [0.29, 0.717) is 28.9 Å². The molecule has 2 heterocycles. The second kappa shape index (κ2) is 6.84. The van der Waals surface area contributed by atoms with Crippen molar-refractivity contribution in [1.29, 1.82) is 0 Å². The van der Waals surface area contributed by atoms with Gasteiger partial charge < -0.3 is 10.6 Å². The van der Waals surface area contributed by atoms with Gasteiger partial charge in [0.1, 0.15) is 11.6 Å². The van der Waals surface area contributed by atoms with Crippen molar-refractivity contribution >= 4 is 22.6 Å². The second-order valence-electron chi connectivity index (χ2n) is 6.49. The maximum atomic E-state index is 14.1. The van der Waals surface area contributed by atoms with Gasteiger partial charge in [0.2, 0.25) is 5.91 Å². The Kier molecular flexibility index (Phi) is 4.38. The van der Waals surface area contributed by atoms with Crippen molar-refractivity contribution in [3.63, 3.8) is 0 Å². The average Bonchev–Trinajstić information content (AvgIpc) is 3.04. The number of hydrogen-bond acceptors (Lipinski definition) is 3. The predicted molar refractivity (Wildman–Crippen MR) is 95.7 cm³/mol. The Hall–Kier alpha value is -2.80. The molecule has 1 aliphatic heterocycles. The quantitative estimate of drug-likeness (QED) is 0.673. The molecule has 0 aliphatic carbocycles. The minimum atomic E-state index is -0.633. The third-order valence-electron chi connectivity index (χ3n) is 4.71. The molecule has 1 aliphatic rings. The number of carbonyl (C=O) groups excluding carboxylic acids is 1. The molecule has 26 heavy (non-hydrogen) atoms. The van der Waals surface area contributed by atoms with E-state index in [9.17, 15) is 13.6 Å². The van der Waals surface area contributed by atoms with Gasteiger partial charge in [0.25, 0.3) is 0 Å². The summed E-state index contributed by atoms with van der Waals surface area (Å²) < 4.78 is 27.2. The van der Waals surface area contributed by atoms with E-state index in [1.807, 2.05) is 0 Å². The smallest absolute Gasteiger partial charge is 0.229 e. The number of amides is 1. The number of benzene rings is 2. The van der Waals surface area contributed by atoms with Gasteiger partial charge in [0.05, 0.1) is 11.4 Å². The summed E-state index contributed by atoms with van der Waals surface area (Å²) >= 11 is 0. The molecule has 0 radical (unpaired) electrons. The summed E-state index contributed by atoms with van der Waals surface area (Å²) in [4.78, 5) is 12.4. The summed E-state index contributed by atoms with van der Waals surface area (Å²) in [6, 6.07) is 8.71. The number of aromatic nitrogens is 2. The van der Waals surface area contributed by atoms with Crippen LogP contribution in [0.1, 0.15) is 12.8 Å². The number of rotatable bonds is 3. The largest absolute Gasteiger partial charge is 0.316 e. The Bertz CT molecular complexity index is 963. The van der Waals surface area contributed by atoms with Crippen LogP contribution >= 0.6 is 0 Å². The van der Waals surface area contributed by atoms with E-state index in [4.69, 9.17) is 0 Å². The summed E-state index contributed by atoms with van der Waals surface area (Å²) in [5, 5.41) is 13.8. The van der Waals surface area contributed by atoms with Crippen LogP contribution in [0.2, 0.25) is 0 Å². The molecule has 0 spiro atoms. The number of nitrogens with one attached hydrogen (secondary N) is 3. The van der Waals surface area contributed by atoms with Crippen molar-refractivity contribution < 1.29 is 13.6 Å². The van der Waals surface area contributed by atoms with Gasteiger partial charge in [-0.3, -0.25) is 9.89 Å². The topological polar surface area (TPSA) is 69.8 Å². The SMILES string of the molecule is O=C(Nc1n[nH]c2ccc(-c3ccc(F)cc3F)cc12)[C@@H]1CCCNC1. The monoisotopic (exact) mass is 356 g/mol. The highest BCUT2D eigenvalue weighted by Crippen LogP contribution is 2.29. The summed E-state index contributed by atoms with van der Waals surface area (Å²) in [5.74, 6) is -1.01. The van der Waals surface area contributed by atoms with Gasteiger partial charge in [-0.25, -0.2) is 8.78 Å². The Labute approximate surface area is 148 Å². The van der Waals surface area contributed by atoms with Crippen LogP contribution in [0.4, 0.5) is 14.6 Å². The van der Waals surface area contributed by atoms with Gasteiger partial charge in [-0.1, -0.05) is 6.07 Å². The zero-order chi connectivity index (χ0) is 18.1. The van der Waals surface area contributed by atoms with Gasteiger partial charge in [-0.05, 0) is 49.2 Å². The van der Waals surface area contributed by atoms with Crippen LogP contribution in [0, 0.1) is 17.6 Å². The zero-order valence-electron chi connectivity index (χ0n) is 14.0. The lowest BCUT2D eigenvalue weighted by Gasteiger charge is -2.21. The maximum Gasteiger partial charge on any atom is 0.229 e. The van der Waals surface area contributed by atoms with Crippen molar-refractivity contribution in [2.45, 2.75) is 12.8 Å². The Morgan fingerprint density at radius 1 is 1.19 bits per heavy atom. The summed E-state index contributed by atoms with van der Waals surface area (Å²) in [7, 11) is 0. The Morgan fingerprint density at radius 2 is 2.08 bits per heavy atom. The summed E-state index contributed by atoms with van der Waals surface area (Å²) in [5.41, 5.74) is 1.61. The molecule has 7 heteroatoms. The second-order valence-corrected chi connectivity index (χ2v) is 6.49. The summed E-state index contributed by atoms with van der Waals surface area (Å²) in [6.07, 6.45) is 1.81. The number of halogens is 2. The fraction of sp³-hybridized carbons (Fsp3) is 0.263. The van der Waals surface area contributed by atoms with E-state index in [-0.39, 0.29) is 11.8 Å². The van der Waals surface area contributed by atoms with Gasteiger partial charge in [-0.15, -0.1) is 0 Å². The molecule has 134 valence electrons. The van der Waals surface area contributed by atoms with Crippen LogP contribution in [0.3, 0.4) is 0 Å². The highest BCUT2D eigenvalue weighted by atomic mass is 19.1. The van der Waals surface area contributed by atoms with E-state index >= 15 is 0 Å². The van der Waals surface area contributed by atoms with Gasteiger partial charge >= 0.3 is 0 Å². The van der Waals surface area contributed by atoms with Gasteiger partial charge in [0.15, 0.2) is 5.82 Å². The van der Waals surface area contributed by atoms with Crippen LogP contribution in [-0.4, -0.2) is 29.2 Å². The van der Waals surface area contributed by atoms with Crippen LogP contribution in [0.15, 0.2) is 36.4 Å². The molecule has 1 aromatic heterocycles. The highest BCUT2D eigenvalue weighted by molar-refractivity contribution is 6.01. The number of nitrogens with zero attached hydrogens (tertiary/aromatic N) is 1. The van der Waals surface area contributed by atoms with Crippen molar-refractivity contribution in [2.24, 2.45) is 5.92 Å². The van der Waals surface area contributed by atoms with Gasteiger partial charge in [-0.2, -0.15) is 5.10 Å². The standard InChI is InChI=1S/C19H18F2N4O/c20-13-4-5-14(16(21)9-13)11-3-6-17-15(8-11)18(25-24-17)23-19(26)12-2-1-7-22-10-12/h3-6,8-9,12,22H,1-2,7,10H2,(H2,23,24,25,26)/t12-/m1/s1. The predicted octanol–water partition coefficient (Wildman–Crippen LogP) is 3.45. The van der Waals surface area contributed by atoms with Crippen LogP contribution < -0.4 is 10.6 Å². The molecule has 0 unspecified atom stereocenters. The van der Waals surface area contributed by atoms with E-state index in [1.165, 1.54) is 12.1 Å². The number of carbonyl (C=O) groups is 1. The molecule has 4 rings (SSSR count). The molecule has 1 atom stereocenters. The molecular weight excluding hydrogens is 338 g/mol. The molecule has 1 saturated heterocycles.